The normalized spacial score (nSPS) is 11.2. The molecule has 4 nitrogen and oxygen atoms in total. The first-order chi connectivity index (χ1) is 8.67. The first kappa shape index (κ1) is 14.2. The van der Waals surface area contributed by atoms with Gasteiger partial charge in [-0.2, -0.15) is 0 Å². The standard InChI is InChI=1S/C14H18O4/c1-5-6-7-11(15)10-8-12(16-2)14(18-4)13(9-10)17-3/h8-9,11,15H,7H2,1-4H3. The van der Waals surface area contributed by atoms with E-state index in [1.807, 2.05) is 0 Å². The Hall–Kier alpha value is -1.86. The fraction of sp³-hybridized carbons (Fsp3) is 0.429. The summed E-state index contributed by atoms with van der Waals surface area (Å²) in [6.07, 6.45) is -0.305. The Morgan fingerprint density at radius 2 is 1.67 bits per heavy atom. The van der Waals surface area contributed by atoms with Crippen molar-refractivity contribution in [2.45, 2.75) is 19.4 Å². The third-order valence-electron chi connectivity index (χ3n) is 2.54. The molecule has 0 saturated heterocycles. The minimum absolute atomic E-state index is 0.370. The summed E-state index contributed by atoms with van der Waals surface area (Å²) < 4.78 is 15.7. The van der Waals surface area contributed by atoms with Crippen molar-refractivity contribution >= 4 is 0 Å². The molecular weight excluding hydrogens is 232 g/mol. The topological polar surface area (TPSA) is 47.9 Å². The molecule has 1 unspecified atom stereocenters. The van der Waals surface area contributed by atoms with Crippen LogP contribution in [-0.2, 0) is 0 Å². The number of hydrogen-bond donors (Lipinski definition) is 1. The van der Waals surface area contributed by atoms with Gasteiger partial charge in [0.25, 0.3) is 0 Å². The van der Waals surface area contributed by atoms with Crippen LogP contribution in [0.5, 0.6) is 17.2 Å². The Morgan fingerprint density at radius 3 is 2.06 bits per heavy atom. The maximum Gasteiger partial charge on any atom is 0.203 e. The van der Waals surface area contributed by atoms with Gasteiger partial charge in [-0.25, -0.2) is 0 Å². The SMILES string of the molecule is CC#CCC(O)c1cc(OC)c(OC)c(OC)c1. The Morgan fingerprint density at radius 1 is 1.11 bits per heavy atom. The van der Waals surface area contributed by atoms with E-state index in [0.29, 0.717) is 29.2 Å². The summed E-state index contributed by atoms with van der Waals surface area (Å²) in [6.45, 7) is 1.74. The maximum absolute atomic E-state index is 10.0. The van der Waals surface area contributed by atoms with Gasteiger partial charge < -0.3 is 19.3 Å². The second kappa shape index (κ2) is 6.77. The third kappa shape index (κ3) is 3.08. The molecule has 0 saturated carbocycles. The highest BCUT2D eigenvalue weighted by Gasteiger charge is 2.16. The predicted molar refractivity (Wildman–Crippen MR) is 69.1 cm³/mol. The van der Waals surface area contributed by atoms with Gasteiger partial charge in [0.1, 0.15) is 0 Å². The van der Waals surface area contributed by atoms with Gasteiger partial charge in [0.05, 0.1) is 27.4 Å². The van der Waals surface area contributed by atoms with Crippen molar-refractivity contribution in [3.63, 3.8) is 0 Å². The Balaban J connectivity index is 3.16. The van der Waals surface area contributed by atoms with E-state index < -0.39 is 6.10 Å². The van der Waals surface area contributed by atoms with E-state index in [0.717, 1.165) is 0 Å². The van der Waals surface area contributed by atoms with Crippen molar-refractivity contribution < 1.29 is 19.3 Å². The van der Waals surface area contributed by atoms with Crippen molar-refractivity contribution in [1.29, 1.82) is 0 Å². The van der Waals surface area contributed by atoms with Crippen LogP contribution in [0.15, 0.2) is 12.1 Å². The number of benzene rings is 1. The number of hydrogen-bond acceptors (Lipinski definition) is 4. The van der Waals surface area contributed by atoms with Crippen molar-refractivity contribution in [2.24, 2.45) is 0 Å². The van der Waals surface area contributed by atoms with Crippen LogP contribution in [0.25, 0.3) is 0 Å². The second-order valence-electron chi connectivity index (χ2n) is 3.61. The molecule has 98 valence electrons. The molecule has 0 aliphatic heterocycles. The number of ether oxygens (including phenoxy) is 3. The van der Waals surface area contributed by atoms with Gasteiger partial charge in [0, 0.05) is 6.42 Å². The highest BCUT2D eigenvalue weighted by Crippen LogP contribution is 2.39. The number of aliphatic hydroxyl groups excluding tert-OH is 1. The van der Waals surface area contributed by atoms with E-state index in [1.54, 1.807) is 40.4 Å². The molecule has 0 amide bonds. The molecule has 0 aliphatic carbocycles. The van der Waals surface area contributed by atoms with Crippen LogP contribution in [-0.4, -0.2) is 26.4 Å². The minimum atomic E-state index is -0.675. The van der Waals surface area contributed by atoms with Crippen LogP contribution in [0.2, 0.25) is 0 Å². The molecule has 0 aliphatic rings. The Labute approximate surface area is 107 Å². The second-order valence-corrected chi connectivity index (χ2v) is 3.61. The molecule has 1 aromatic rings. The van der Waals surface area contributed by atoms with Crippen LogP contribution in [0.4, 0.5) is 0 Å². The van der Waals surface area contributed by atoms with Gasteiger partial charge in [-0.1, -0.05) is 0 Å². The highest BCUT2D eigenvalue weighted by molar-refractivity contribution is 5.54. The number of rotatable bonds is 5. The number of methoxy groups -OCH3 is 3. The van der Waals surface area contributed by atoms with Crippen molar-refractivity contribution in [3.05, 3.63) is 17.7 Å². The van der Waals surface area contributed by atoms with E-state index in [9.17, 15) is 5.11 Å². The monoisotopic (exact) mass is 250 g/mol. The lowest BCUT2D eigenvalue weighted by Crippen LogP contribution is -2.01. The number of aliphatic hydroxyl groups is 1. The lowest BCUT2D eigenvalue weighted by molar-refractivity contribution is 0.182. The lowest BCUT2D eigenvalue weighted by Gasteiger charge is -2.16. The van der Waals surface area contributed by atoms with Gasteiger partial charge >= 0.3 is 0 Å². The van der Waals surface area contributed by atoms with Crippen molar-refractivity contribution in [2.75, 3.05) is 21.3 Å². The smallest absolute Gasteiger partial charge is 0.203 e. The molecule has 0 bridgehead atoms. The van der Waals surface area contributed by atoms with Gasteiger partial charge in [-0.15, -0.1) is 11.8 Å². The summed E-state index contributed by atoms with van der Waals surface area (Å²) in [4.78, 5) is 0. The van der Waals surface area contributed by atoms with Crippen LogP contribution in [0.1, 0.15) is 25.0 Å². The molecule has 1 N–H and O–H groups in total. The summed E-state index contributed by atoms with van der Waals surface area (Å²) in [5, 5.41) is 10.0. The van der Waals surface area contributed by atoms with E-state index >= 15 is 0 Å². The zero-order valence-electron chi connectivity index (χ0n) is 11.1. The van der Waals surface area contributed by atoms with Gasteiger partial charge in [-0.05, 0) is 24.6 Å². The first-order valence-electron chi connectivity index (χ1n) is 5.55. The molecule has 0 heterocycles. The van der Waals surface area contributed by atoms with Crippen molar-refractivity contribution in [1.82, 2.24) is 0 Å². The van der Waals surface area contributed by atoms with Gasteiger partial charge in [0.2, 0.25) is 5.75 Å². The third-order valence-corrected chi connectivity index (χ3v) is 2.54. The zero-order valence-corrected chi connectivity index (χ0v) is 11.1. The minimum Gasteiger partial charge on any atom is -0.493 e. The summed E-state index contributed by atoms with van der Waals surface area (Å²) in [5.74, 6) is 7.15. The molecule has 0 spiro atoms. The maximum atomic E-state index is 10.0. The Kier molecular flexibility index (Phi) is 5.34. The van der Waals surface area contributed by atoms with E-state index in [4.69, 9.17) is 14.2 Å². The van der Waals surface area contributed by atoms with Gasteiger partial charge in [-0.3, -0.25) is 0 Å². The molecule has 0 fully saturated rings. The van der Waals surface area contributed by atoms with Crippen molar-refractivity contribution in [3.8, 4) is 29.1 Å². The molecule has 4 heteroatoms. The van der Waals surface area contributed by atoms with E-state index in [2.05, 4.69) is 11.8 Å². The first-order valence-corrected chi connectivity index (χ1v) is 5.55. The summed E-state index contributed by atoms with van der Waals surface area (Å²) in [7, 11) is 4.62. The van der Waals surface area contributed by atoms with Crippen LogP contribution in [0.3, 0.4) is 0 Å². The summed E-state index contributed by atoms with van der Waals surface area (Å²) in [6, 6.07) is 3.45. The predicted octanol–water partition coefficient (Wildman–Crippen LogP) is 2.16. The summed E-state index contributed by atoms with van der Waals surface area (Å²) >= 11 is 0. The molecular formula is C14H18O4. The Bertz CT molecular complexity index is 432. The largest absolute Gasteiger partial charge is 0.493 e. The molecule has 0 radical (unpaired) electrons. The average Bonchev–Trinajstić information content (AvgIpc) is 2.42. The molecule has 1 rings (SSSR count). The van der Waals surface area contributed by atoms with Crippen LogP contribution < -0.4 is 14.2 Å². The molecule has 1 atom stereocenters. The molecule has 18 heavy (non-hydrogen) atoms. The zero-order chi connectivity index (χ0) is 13.5. The quantitative estimate of drug-likeness (QED) is 0.813. The summed E-state index contributed by atoms with van der Waals surface area (Å²) in [5.41, 5.74) is 0.687. The fourth-order valence-electron chi connectivity index (χ4n) is 1.61. The molecule has 0 aromatic heterocycles. The van der Waals surface area contributed by atoms with Crippen LogP contribution >= 0.6 is 0 Å². The van der Waals surface area contributed by atoms with Crippen LogP contribution in [0, 0.1) is 11.8 Å². The van der Waals surface area contributed by atoms with E-state index in [-0.39, 0.29) is 0 Å². The van der Waals surface area contributed by atoms with E-state index in [1.165, 1.54) is 0 Å². The fourth-order valence-corrected chi connectivity index (χ4v) is 1.61. The van der Waals surface area contributed by atoms with Gasteiger partial charge in [0.15, 0.2) is 11.5 Å². The lowest BCUT2D eigenvalue weighted by atomic mass is 10.1. The highest BCUT2D eigenvalue weighted by atomic mass is 16.5. The molecule has 1 aromatic carbocycles. The average molecular weight is 250 g/mol.